The summed E-state index contributed by atoms with van der Waals surface area (Å²) in [6.45, 7) is 6.97. The van der Waals surface area contributed by atoms with E-state index in [1.165, 1.54) is 32.5 Å². The van der Waals surface area contributed by atoms with E-state index in [-0.39, 0.29) is 12.5 Å². The largest absolute Gasteiger partial charge is 0.0940 e. The number of rotatable bonds is 7. The topological polar surface area (TPSA) is 0 Å². The number of benzene rings is 4. The van der Waals surface area contributed by atoms with Crippen molar-refractivity contribution in [2.45, 2.75) is 30.6 Å². The van der Waals surface area contributed by atoms with Gasteiger partial charge in [0.25, 0.3) is 0 Å². The quantitative estimate of drug-likeness (QED) is 0.262. The maximum atomic E-state index is 2.34. The minimum absolute atomic E-state index is 0.0230. The highest BCUT2D eigenvalue weighted by molar-refractivity contribution is 8.57. The molecule has 0 radical (unpaired) electrons. The van der Waals surface area contributed by atoms with Crippen LogP contribution in [-0.2, 0) is 11.8 Å². The SMILES string of the molecule is CP(Sc1ccc(C(C)(C)c2ccc(Cc3ccccc3)cc2)cc1)c1ccccc1. The summed E-state index contributed by atoms with van der Waals surface area (Å²) in [5, 5.41) is 1.43. The summed E-state index contributed by atoms with van der Waals surface area (Å²) >= 11 is 1.98. The lowest BCUT2D eigenvalue weighted by molar-refractivity contribution is 0.640. The standard InChI is InChI=1S/C29H29PS/c1-29(2,25-16-14-24(15-17-25)22-23-10-6-4-7-11-23)26-18-20-28(21-19-26)31-30(3)27-12-8-5-9-13-27/h4-21H,22H2,1-3H3. The lowest BCUT2D eigenvalue weighted by Gasteiger charge is -2.26. The fraction of sp³-hybridized carbons (Fsp3) is 0.172. The molecule has 0 amide bonds. The van der Waals surface area contributed by atoms with Crippen molar-refractivity contribution in [3.63, 3.8) is 0 Å². The van der Waals surface area contributed by atoms with Crippen LogP contribution in [0.3, 0.4) is 0 Å². The van der Waals surface area contributed by atoms with Gasteiger partial charge in [0, 0.05) is 10.3 Å². The first kappa shape index (κ1) is 21.9. The molecule has 0 heterocycles. The zero-order chi connectivity index (χ0) is 21.7. The molecule has 0 aromatic heterocycles. The Hall–Kier alpha value is -2.34. The van der Waals surface area contributed by atoms with Gasteiger partial charge in [-0.05, 0) is 59.9 Å². The van der Waals surface area contributed by atoms with Crippen molar-refractivity contribution in [2.24, 2.45) is 0 Å². The predicted molar refractivity (Wildman–Crippen MR) is 139 cm³/mol. The molecule has 0 fully saturated rings. The third kappa shape index (κ3) is 5.48. The molecule has 1 atom stereocenters. The summed E-state index contributed by atoms with van der Waals surface area (Å²) in [4.78, 5) is 1.34. The van der Waals surface area contributed by atoms with Crippen molar-refractivity contribution < 1.29 is 0 Å². The third-order valence-corrected chi connectivity index (χ3v) is 9.73. The van der Waals surface area contributed by atoms with Gasteiger partial charge in [-0.3, -0.25) is 0 Å². The van der Waals surface area contributed by atoms with Crippen LogP contribution < -0.4 is 5.30 Å². The van der Waals surface area contributed by atoms with Gasteiger partial charge in [-0.15, -0.1) is 0 Å². The molecule has 0 saturated heterocycles. The molecule has 1 unspecified atom stereocenters. The average molecular weight is 441 g/mol. The molecule has 4 rings (SSSR count). The lowest BCUT2D eigenvalue weighted by atomic mass is 9.78. The van der Waals surface area contributed by atoms with E-state index in [0.29, 0.717) is 0 Å². The molecule has 0 nitrogen and oxygen atoms in total. The number of hydrogen-bond donors (Lipinski definition) is 0. The lowest BCUT2D eigenvalue weighted by Crippen LogP contribution is -2.18. The van der Waals surface area contributed by atoms with E-state index < -0.39 is 0 Å². The first-order chi connectivity index (χ1) is 15.0. The monoisotopic (exact) mass is 440 g/mol. The number of hydrogen-bond acceptors (Lipinski definition) is 1. The first-order valence-corrected chi connectivity index (χ1v) is 13.9. The van der Waals surface area contributed by atoms with Crippen molar-refractivity contribution in [1.82, 2.24) is 0 Å². The van der Waals surface area contributed by atoms with Crippen molar-refractivity contribution in [3.8, 4) is 0 Å². The van der Waals surface area contributed by atoms with E-state index in [1.54, 1.807) is 0 Å². The van der Waals surface area contributed by atoms with Crippen LogP contribution in [0.4, 0.5) is 0 Å². The molecule has 2 heteroatoms. The predicted octanol–water partition coefficient (Wildman–Crippen LogP) is 8.05. The molecule has 0 aliphatic rings. The summed E-state index contributed by atoms with van der Waals surface area (Å²) in [5.41, 5.74) is 5.40. The van der Waals surface area contributed by atoms with Crippen molar-refractivity contribution in [1.29, 1.82) is 0 Å². The highest BCUT2D eigenvalue weighted by Gasteiger charge is 2.23. The minimum atomic E-state index is -0.242. The Morgan fingerprint density at radius 1 is 0.613 bits per heavy atom. The second kappa shape index (κ2) is 9.86. The van der Waals surface area contributed by atoms with Gasteiger partial charge in [-0.25, -0.2) is 0 Å². The zero-order valence-electron chi connectivity index (χ0n) is 18.5. The molecule has 0 N–H and O–H groups in total. The molecular formula is C29H29PS. The molecule has 4 aromatic rings. The molecule has 0 saturated carbocycles. The van der Waals surface area contributed by atoms with Gasteiger partial charge in [0.05, 0.1) is 0 Å². The van der Waals surface area contributed by atoms with Crippen LogP contribution in [0.2, 0.25) is 0 Å². The second-order valence-corrected chi connectivity index (χ2v) is 12.8. The molecule has 0 aliphatic carbocycles. The van der Waals surface area contributed by atoms with E-state index in [1.807, 2.05) is 11.4 Å². The summed E-state index contributed by atoms with van der Waals surface area (Å²) in [6.07, 6.45) is 0.981. The van der Waals surface area contributed by atoms with Crippen LogP contribution in [0.15, 0.2) is 114 Å². The fourth-order valence-corrected chi connectivity index (χ4v) is 7.09. The minimum Gasteiger partial charge on any atom is -0.0940 e. The molecule has 31 heavy (non-hydrogen) atoms. The Morgan fingerprint density at radius 2 is 1.10 bits per heavy atom. The Morgan fingerprint density at radius 3 is 1.68 bits per heavy atom. The van der Waals surface area contributed by atoms with Crippen LogP contribution in [0.1, 0.15) is 36.1 Å². The molecule has 156 valence electrons. The van der Waals surface area contributed by atoms with Crippen LogP contribution in [0, 0.1) is 0 Å². The normalized spacial score (nSPS) is 12.5. The maximum Gasteiger partial charge on any atom is 0.0146 e. The molecule has 0 bridgehead atoms. The third-order valence-electron chi connectivity index (χ3n) is 5.86. The van der Waals surface area contributed by atoms with E-state index in [2.05, 4.69) is 130 Å². The summed E-state index contributed by atoms with van der Waals surface area (Å²) in [5.74, 6) is 0. The van der Waals surface area contributed by atoms with E-state index in [4.69, 9.17) is 0 Å². The zero-order valence-corrected chi connectivity index (χ0v) is 20.2. The second-order valence-electron chi connectivity index (χ2n) is 8.43. The Labute approximate surface area is 192 Å². The average Bonchev–Trinajstić information content (AvgIpc) is 2.81. The van der Waals surface area contributed by atoms with Gasteiger partial charge in [-0.1, -0.05) is 122 Å². The van der Waals surface area contributed by atoms with Gasteiger partial charge >= 0.3 is 0 Å². The van der Waals surface area contributed by atoms with Crippen molar-refractivity contribution >= 4 is 23.8 Å². The summed E-state index contributed by atoms with van der Waals surface area (Å²) < 4.78 is 0. The Bertz CT molecular complexity index is 1090. The highest BCUT2D eigenvalue weighted by Crippen LogP contribution is 2.50. The van der Waals surface area contributed by atoms with Crippen LogP contribution >= 0.6 is 18.5 Å². The molecule has 0 aliphatic heterocycles. The van der Waals surface area contributed by atoms with E-state index in [0.717, 1.165) is 6.42 Å². The molecule has 4 aromatic carbocycles. The summed E-state index contributed by atoms with van der Waals surface area (Å²) in [7, 11) is -0.242. The van der Waals surface area contributed by atoms with Crippen molar-refractivity contribution in [3.05, 3.63) is 131 Å². The Kier molecular flexibility index (Phi) is 6.96. The van der Waals surface area contributed by atoms with Crippen molar-refractivity contribution in [2.75, 3.05) is 6.66 Å². The van der Waals surface area contributed by atoms with Crippen LogP contribution in [-0.4, -0.2) is 6.66 Å². The molecular weight excluding hydrogens is 411 g/mol. The Balaban J connectivity index is 1.45. The van der Waals surface area contributed by atoms with Gasteiger partial charge in [0.15, 0.2) is 0 Å². The fourth-order valence-electron chi connectivity index (χ4n) is 3.82. The maximum absolute atomic E-state index is 2.34. The van der Waals surface area contributed by atoms with Gasteiger partial charge in [-0.2, -0.15) is 0 Å². The smallest absolute Gasteiger partial charge is 0.0146 e. The van der Waals surface area contributed by atoms with Crippen LogP contribution in [0.5, 0.6) is 0 Å². The van der Waals surface area contributed by atoms with E-state index >= 15 is 0 Å². The van der Waals surface area contributed by atoms with E-state index in [9.17, 15) is 0 Å². The highest BCUT2D eigenvalue weighted by atomic mass is 32.7. The summed E-state index contributed by atoms with van der Waals surface area (Å²) in [6, 6.07) is 39.8. The van der Waals surface area contributed by atoms with Gasteiger partial charge in [0.2, 0.25) is 0 Å². The van der Waals surface area contributed by atoms with Gasteiger partial charge < -0.3 is 0 Å². The van der Waals surface area contributed by atoms with Gasteiger partial charge in [0.1, 0.15) is 0 Å². The molecule has 0 spiro atoms. The first-order valence-electron chi connectivity index (χ1n) is 10.7. The van der Waals surface area contributed by atoms with Crippen LogP contribution in [0.25, 0.3) is 0 Å².